The smallest absolute Gasteiger partial charge is 0.328 e. The summed E-state index contributed by atoms with van der Waals surface area (Å²) < 4.78 is 26.2. The number of fused-ring (bicyclic) bond motifs is 5. The van der Waals surface area contributed by atoms with E-state index in [9.17, 15) is 19.2 Å². The van der Waals surface area contributed by atoms with Crippen molar-refractivity contribution in [2.24, 2.45) is 11.1 Å². The second-order valence-corrected chi connectivity index (χ2v) is 7.57. The number of nitrogens with two attached hydrogens (primary N) is 1. The van der Waals surface area contributed by atoms with Gasteiger partial charge in [-0.15, -0.1) is 0 Å². The number of halogens is 1. The van der Waals surface area contributed by atoms with Crippen molar-refractivity contribution in [3.8, 4) is 0 Å². The maximum atomic E-state index is 15.5. The minimum Gasteiger partial charge on any atom is -0.374 e. The first-order valence-corrected chi connectivity index (χ1v) is 9.21. The lowest BCUT2D eigenvalue weighted by molar-refractivity contribution is -0.151. The van der Waals surface area contributed by atoms with Crippen LogP contribution in [-0.2, 0) is 20.7 Å². The first-order chi connectivity index (χ1) is 14.3. The van der Waals surface area contributed by atoms with Gasteiger partial charge in [-0.05, 0) is 18.6 Å². The molecule has 156 valence electrons. The lowest BCUT2D eigenvalue weighted by Gasteiger charge is -2.54. The van der Waals surface area contributed by atoms with Crippen molar-refractivity contribution < 1.29 is 32.8 Å². The number of morpholine rings is 1. The van der Waals surface area contributed by atoms with Crippen LogP contribution in [0.25, 0.3) is 11.0 Å². The zero-order chi connectivity index (χ0) is 21.4. The molecule has 2 atom stereocenters. The quantitative estimate of drug-likeness (QED) is 0.528. The van der Waals surface area contributed by atoms with Crippen LogP contribution in [0.1, 0.15) is 23.0 Å². The molecule has 4 heterocycles. The van der Waals surface area contributed by atoms with Crippen molar-refractivity contribution in [2.45, 2.75) is 25.5 Å². The zero-order valence-corrected chi connectivity index (χ0v) is 15.7. The third-order valence-corrected chi connectivity index (χ3v) is 6.01. The van der Waals surface area contributed by atoms with Crippen LogP contribution in [0.15, 0.2) is 10.6 Å². The molecule has 1 spiro atoms. The summed E-state index contributed by atoms with van der Waals surface area (Å²) in [5, 5.41) is 7.88. The molecule has 0 unspecified atom stereocenters. The van der Waals surface area contributed by atoms with E-state index in [1.807, 2.05) is 0 Å². The number of carbonyl (C=O) groups is 4. The van der Waals surface area contributed by atoms with E-state index in [4.69, 9.17) is 15.0 Å². The molecule has 2 aromatic rings. The molecule has 3 aliphatic heterocycles. The highest BCUT2D eigenvalue weighted by Gasteiger charge is 2.62. The number of nitrogens with one attached hydrogen (secondary N) is 2. The zero-order valence-electron chi connectivity index (χ0n) is 15.7. The Morgan fingerprint density at radius 3 is 2.70 bits per heavy atom. The van der Waals surface area contributed by atoms with Crippen LogP contribution in [0.2, 0.25) is 0 Å². The molecule has 5 amide bonds. The van der Waals surface area contributed by atoms with Gasteiger partial charge in [0, 0.05) is 13.0 Å². The van der Waals surface area contributed by atoms with Gasteiger partial charge in [-0.2, -0.15) is 0 Å². The fourth-order valence-corrected chi connectivity index (χ4v) is 4.84. The van der Waals surface area contributed by atoms with Gasteiger partial charge < -0.3 is 19.9 Å². The normalized spacial score (nSPS) is 25.0. The van der Waals surface area contributed by atoms with E-state index in [2.05, 4.69) is 15.8 Å². The van der Waals surface area contributed by atoms with E-state index in [0.717, 1.165) is 0 Å². The van der Waals surface area contributed by atoms with Crippen molar-refractivity contribution in [1.82, 2.24) is 15.8 Å². The minimum atomic E-state index is -1.75. The second-order valence-electron chi connectivity index (χ2n) is 7.57. The molecule has 11 nitrogen and oxygen atoms in total. The number of benzene rings is 1. The highest BCUT2D eigenvalue weighted by atomic mass is 19.1. The average Bonchev–Trinajstić information content (AvgIpc) is 3.10. The number of barbiturate groups is 1. The van der Waals surface area contributed by atoms with Crippen LogP contribution < -0.4 is 21.3 Å². The Morgan fingerprint density at radius 2 is 2.03 bits per heavy atom. The van der Waals surface area contributed by atoms with Crippen molar-refractivity contribution in [3.63, 3.8) is 0 Å². The highest BCUT2D eigenvalue weighted by Crippen LogP contribution is 2.48. The molecule has 5 rings (SSSR count). The molecular weight excluding hydrogens is 401 g/mol. The van der Waals surface area contributed by atoms with Gasteiger partial charge in [-0.1, -0.05) is 5.16 Å². The number of amides is 5. The number of primary amides is 1. The minimum absolute atomic E-state index is 0.0429. The first-order valence-electron chi connectivity index (χ1n) is 9.21. The van der Waals surface area contributed by atoms with E-state index in [1.165, 1.54) is 6.07 Å². The number of ether oxygens (including phenoxy) is 1. The third kappa shape index (κ3) is 2.19. The summed E-state index contributed by atoms with van der Waals surface area (Å²) in [6.45, 7) is 2.10. The van der Waals surface area contributed by atoms with Gasteiger partial charge in [0.15, 0.2) is 16.9 Å². The Balaban J connectivity index is 1.79. The van der Waals surface area contributed by atoms with Crippen LogP contribution in [-0.4, -0.2) is 54.2 Å². The topological polar surface area (TPSA) is 157 Å². The predicted octanol–water partition coefficient (Wildman–Crippen LogP) is -0.432. The summed E-state index contributed by atoms with van der Waals surface area (Å²) in [6.07, 6.45) is -0.846. The summed E-state index contributed by atoms with van der Waals surface area (Å²) in [5.74, 6) is -3.27. The Bertz CT molecular complexity index is 1140. The summed E-state index contributed by atoms with van der Waals surface area (Å²) in [4.78, 5) is 50.9. The van der Waals surface area contributed by atoms with E-state index >= 15 is 4.39 Å². The lowest BCUT2D eigenvalue weighted by Crippen LogP contribution is -2.74. The monoisotopic (exact) mass is 417 g/mol. The molecule has 1 aromatic carbocycles. The fraction of sp³-hybridized carbons (Fsp3) is 0.389. The van der Waals surface area contributed by atoms with Crippen LogP contribution in [0.3, 0.4) is 0 Å². The van der Waals surface area contributed by atoms with Crippen molar-refractivity contribution in [2.75, 3.05) is 18.1 Å². The number of urea groups is 1. The van der Waals surface area contributed by atoms with E-state index < -0.39 is 47.1 Å². The van der Waals surface area contributed by atoms with Crippen LogP contribution in [0.5, 0.6) is 0 Å². The maximum absolute atomic E-state index is 15.5. The molecule has 4 N–H and O–H groups in total. The summed E-state index contributed by atoms with van der Waals surface area (Å²) >= 11 is 0. The van der Waals surface area contributed by atoms with Crippen LogP contribution in [0.4, 0.5) is 14.9 Å². The number of rotatable bonds is 1. The first kappa shape index (κ1) is 18.5. The molecule has 1 aromatic heterocycles. The number of hydrogen-bond acceptors (Lipinski definition) is 8. The second kappa shape index (κ2) is 5.98. The largest absolute Gasteiger partial charge is 0.374 e. The van der Waals surface area contributed by atoms with Gasteiger partial charge in [0.1, 0.15) is 0 Å². The van der Waals surface area contributed by atoms with Gasteiger partial charge >= 0.3 is 6.03 Å². The molecule has 3 aliphatic rings. The molecule has 0 radical (unpaired) electrons. The van der Waals surface area contributed by atoms with Crippen LogP contribution in [0, 0.1) is 11.2 Å². The molecule has 30 heavy (non-hydrogen) atoms. The Kier molecular flexibility index (Phi) is 3.69. The number of nitrogens with zero attached hydrogens (tertiary/aromatic N) is 2. The van der Waals surface area contributed by atoms with Gasteiger partial charge in [0.2, 0.25) is 17.4 Å². The maximum Gasteiger partial charge on any atom is 0.328 e. The van der Waals surface area contributed by atoms with Gasteiger partial charge in [-0.3, -0.25) is 25.0 Å². The number of carbonyl (C=O) groups excluding carboxylic acids is 4. The predicted molar refractivity (Wildman–Crippen MR) is 96.9 cm³/mol. The molecule has 0 aliphatic carbocycles. The molecule has 2 saturated heterocycles. The number of aromatic nitrogens is 1. The molecule has 0 saturated carbocycles. The summed E-state index contributed by atoms with van der Waals surface area (Å²) in [7, 11) is 0. The number of hydrogen-bond donors (Lipinski definition) is 3. The van der Waals surface area contributed by atoms with E-state index in [1.54, 1.807) is 11.8 Å². The lowest BCUT2D eigenvalue weighted by atomic mass is 9.66. The molecule has 0 bridgehead atoms. The van der Waals surface area contributed by atoms with Gasteiger partial charge in [-0.25, -0.2) is 9.18 Å². The summed E-state index contributed by atoms with van der Waals surface area (Å²) in [6, 6.07) is -0.356. The SMILES string of the molecule is C[C@@H]1OCCN2c3c(cc4c(C(N)=O)noc4c3F)CC3(C(=O)NC(=O)NC3=O)[C@@H]12. The molecule has 12 heteroatoms. The van der Waals surface area contributed by atoms with Gasteiger partial charge in [0.25, 0.3) is 5.91 Å². The Hall–Kier alpha value is -3.54. The Labute approximate surface area is 167 Å². The standard InChI is InChI=1S/C18H16FN5O6/c1-6-13-18(15(26)21-17(28)22-16(18)27)5-7-4-8-10(14(20)25)23-30-12(8)9(19)11(7)24(13)2-3-29-6/h4,6,13H,2-3,5H2,1H3,(H2,20,25)(H2,21,22,26,27,28)/t6-,13+/m0/s1. The van der Waals surface area contributed by atoms with Crippen molar-refractivity contribution in [3.05, 3.63) is 23.1 Å². The Morgan fingerprint density at radius 1 is 1.33 bits per heavy atom. The van der Waals surface area contributed by atoms with E-state index in [0.29, 0.717) is 0 Å². The fourth-order valence-electron chi connectivity index (χ4n) is 4.84. The average molecular weight is 417 g/mol. The van der Waals surface area contributed by atoms with Gasteiger partial charge in [0.05, 0.1) is 29.8 Å². The summed E-state index contributed by atoms with van der Waals surface area (Å²) in [5.41, 5.74) is 3.47. The molecular formula is C18H16FN5O6. The highest BCUT2D eigenvalue weighted by molar-refractivity contribution is 6.20. The van der Waals surface area contributed by atoms with E-state index in [-0.39, 0.29) is 47.5 Å². The third-order valence-electron chi connectivity index (χ3n) is 6.01. The number of anilines is 1. The van der Waals surface area contributed by atoms with Crippen molar-refractivity contribution >= 4 is 40.4 Å². The van der Waals surface area contributed by atoms with Crippen LogP contribution >= 0.6 is 0 Å². The number of imide groups is 2. The van der Waals surface area contributed by atoms with Crippen molar-refractivity contribution in [1.29, 1.82) is 0 Å². The molecule has 2 fully saturated rings.